The third-order valence-corrected chi connectivity index (χ3v) is 4.87. The van der Waals surface area contributed by atoms with Crippen LogP contribution >= 0.6 is 0 Å². The van der Waals surface area contributed by atoms with Crippen molar-refractivity contribution in [1.82, 2.24) is 10.6 Å². The Balaban J connectivity index is 1.72. The molecule has 1 amide bonds. The van der Waals surface area contributed by atoms with E-state index in [4.69, 9.17) is 4.74 Å². The van der Waals surface area contributed by atoms with Gasteiger partial charge in [-0.2, -0.15) is 0 Å². The molecule has 4 heteroatoms. The molecule has 1 aromatic carbocycles. The van der Waals surface area contributed by atoms with Crippen LogP contribution in [0.1, 0.15) is 53.1 Å². The first-order valence-corrected chi connectivity index (χ1v) is 8.44. The van der Waals surface area contributed by atoms with E-state index in [0.717, 1.165) is 63.1 Å². The summed E-state index contributed by atoms with van der Waals surface area (Å²) in [4.78, 5) is 12.6. The molecule has 1 aromatic rings. The first kappa shape index (κ1) is 15.5. The van der Waals surface area contributed by atoms with Crippen molar-refractivity contribution in [3.63, 3.8) is 0 Å². The first-order chi connectivity index (χ1) is 10.7. The van der Waals surface area contributed by atoms with Gasteiger partial charge in [-0.25, -0.2) is 0 Å². The topological polar surface area (TPSA) is 50.4 Å². The zero-order chi connectivity index (χ0) is 15.4. The maximum absolute atomic E-state index is 12.6. The van der Waals surface area contributed by atoms with Crippen LogP contribution in [0.5, 0.6) is 0 Å². The van der Waals surface area contributed by atoms with Crippen LogP contribution in [0.4, 0.5) is 0 Å². The molecule has 2 heterocycles. The number of hydrogen-bond donors (Lipinski definition) is 2. The average molecular weight is 302 g/mol. The van der Waals surface area contributed by atoms with Gasteiger partial charge in [0.2, 0.25) is 0 Å². The molecule has 3 rings (SSSR count). The fourth-order valence-corrected chi connectivity index (χ4v) is 3.40. The zero-order valence-corrected chi connectivity index (χ0v) is 13.4. The Hall–Kier alpha value is -1.39. The van der Waals surface area contributed by atoms with E-state index in [1.807, 2.05) is 6.92 Å². The average Bonchev–Trinajstić information content (AvgIpc) is 2.57. The number of piperidine rings is 1. The van der Waals surface area contributed by atoms with Crippen LogP contribution in [0.2, 0.25) is 0 Å². The predicted molar refractivity (Wildman–Crippen MR) is 87.3 cm³/mol. The molecule has 0 spiro atoms. The van der Waals surface area contributed by atoms with Gasteiger partial charge >= 0.3 is 0 Å². The van der Waals surface area contributed by atoms with Gasteiger partial charge in [-0.05, 0) is 68.8 Å². The molecule has 0 atom stereocenters. The number of ether oxygens (including phenoxy) is 1. The summed E-state index contributed by atoms with van der Waals surface area (Å²) >= 11 is 0. The summed E-state index contributed by atoms with van der Waals surface area (Å²) in [5.74, 6) is 0.650. The number of hydrogen-bond acceptors (Lipinski definition) is 3. The highest BCUT2D eigenvalue weighted by molar-refractivity contribution is 5.96. The van der Waals surface area contributed by atoms with E-state index >= 15 is 0 Å². The minimum absolute atomic E-state index is 0.0696. The Labute approximate surface area is 132 Å². The number of carbonyl (C=O) groups excluding carboxylic acids is 1. The third-order valence-electron chi connectivity index (χ3n) is 4.87. The van der Waals surface area contributed by atoms with Gasteiger partial charge < -0.3 is 15.4 Å². The van der Waals surface area contributed by atoms with Crippen molar-refractivity contribution in [1.29, 1.82) is 0 Å². The van der Waals surface area contributed by atoms with Gasteiger partial charge in [0.1, 0.15) is 0 Å². The molecule has 0 radical (unpaired) electrons. The van der Waals surface area contributed by atoms with Crippen LogP contribution in [0.3, 0.4) is 0 Å². The van der Waals surface area contributed by atoms with Crippen molar-refractivity contribution in [2.24, 2.45) is 0 Å². The Kier molecular flexibility index (Phi) is 5.11. The highest BCUT2D eigenvalue weighted by atomic mass is 16.5. The summed E-state index contributed by atoms with van der Waals surface area (Å²) in [5, 5.41) is 6.57. The molecule has 0 saturated carbocycles. The second kappa shape index (κ2) is 7.25. The van der Waals surface area contributed by atoms with E-state index in [9.17, 15) is 4.79 Å². The van der Waals surface area contributed by atoms with Gasteiger partial charge in [-0.3, -0.25) is 4.79 Å². The largest absolute Gasteiger partial charge is 0.381 e. The lowest BCUT2D eigenvalue weighted by atomic mass is 9.88. The van der Waals surface area contributed by atoms with Crippen molar-refractivity contribution >= 4 is 5.91 Å². The molecule has 0 bridgehead atoms. The minimum atomic E-state index is 0.0696. The third kappa shape index (κ3) is 3.68. The lowest BCUT2D eigenvalue weighted by Gasteiger charge is -2.25. The maximum Gasteiger partial charge on any atom is 0.251 e. The molecule has 2 saturated heterocycles. The normalized spacial score (nSPS) is 20.8. The van der Waals surface area contributed by atoms with Gasteiger partial charge in [-0.1, -0.05) is 12.1 Å². The van der Waals surface area contributed by atoms with Crippen LogP contribution in [-0.4, -0.2) is 38.3 Å². The second-order valence-corrected chi connectivity index (χ2v) is 6.46. The quantitative estimate of drug-likeness (QED) is 0.901. The van der Waals surface area contributed by atoms with Crippen molar-refractivity contribution in [3.8, 4) is 0 Å². The van der Waals surface area contributed by atoms with Gasteiger partial charge in [0, 0.05) is 24.8 Å². The van der Waals surface area contributed by atoms with Crippen LogP contribution in [0.25, 0.3) is 0 Å². The summed E-state index contributed by atoms with van der Waals surface area (Å²) in [6, 6.07) is 6.65. The molecule has 0 aromatic heterocycles. The monoisotopic (exact) mass is 302 g/mol. The summed E-state index contributed by atoms with van der Waals surface area (Å²) < 4.78 is 5.35. The standard InChI is InChI=1S/C18H26N2O2/c1-13-2-3-15(14-4-8-19-9-5-14)12-17(13)18(21)20-16-6-10-22-11-7-16/h2-3,12,14,16,19H,4-11H2,1H3,(H,20,21). The summed E-state index contributed by atoms with van der Waals surface area (Å²) in [5.41, 5.74) is 3.20. The molecular formula is C18H26N2O2. The fraction of sp³-hybridized carbons (Fsp3) is 0.611. The number of rotatable bonds is 3. The smallest absolute Gasteiger partial charge is 0.251 e. The molecule has 0 unspecified atom stereocenters. The molecule has 22 heavy (non-hydrogen) atoms. The van der Waals surface area contributed by atoms with Crippen molar-refractivity contribution < 1.29 is 9.53 Å². The maximum atomic E-state index is 12.6. The van der Waals surface area contributed by atoms with E-state index in [1.54, 1.807) is 0 Å². The summed E-state index contributed by atoms with van der Waals surface area (Å²) in [6.45, 7) is 5.66. The van der Waals surface area contributed by atoms with E-state index in [2.05, 4.69) is 28.8 Å². The van der Waals surface area contributed by atoms with E-state index in [1.165, 1.54) is 5.56 Å². The lowest BCUT2D eigenvalue weighted by Crippen LogP contribution is -2.39. The fourth-order valence-electron chi connectivity index (χ4n) is 3.40. The molecule has 0 aliphatic carbocycles. The number of benzene rings is 1. The van der Waals surface area contributed by atoms with Crippen LogP contribution < -0.4 is 10.6 Å². The molecule has 120 valence electrons. The van der Waals surface area contributed by atoms with Crippen LogP contribution in [0, 0.1) is 6.92 Å². The van der Waals surface area contributed by atoms with E-state index in [0.29, 0.717) is 5.92 Å². The van der Waals surface area contributed by atoms with Crippen LogP contribution in [-0.2, 0) is 4.74 Å². The van der Waals surface area contributed by atoms with Gasteiger partial charge in [0.25, 0.3) is 5.91 Å². The zero-order valence-electron chi connectivity index (χ0n) is 13.4. The van der Waals surface area contributed by atoms with E-state index < -0.39 is 0 Å². The molecule has 4 nitrogen and oxygen atoms in total. The Morgan fingerprint density at radius 1 is 1.18 bits per heavy atom. The van der Waals surface area contributed by atoms with Gasteiger partial charge in [0.15, 0.2) is 0 Å². The molecule has 2 fully saturated rings. The molecule has 2 N–H and O–H groups in total. The lowest BCUT2D eigenvalue weighted by molar-refractivity contribution is 0.0696. The van der Waals surface area contributed by atoms with Crippen molar-refractivity contribution in [3.05, 3.63) is 34.9 Å². The number of aryl methyl sites for hydroxylation is 1. The molecule has 2 aliphatic heterocycles. The van der Waals surface area contributed by atoms with Crippen molar-refractivity contribution in [2.75, 3.05) is 26.3 Å². The number of carbonyl (C=O) groups is 1. The molecule has 2 aliphatic rings. The minimum Gasteiger partial charge on any atom is -0.381 e. The van der Waals surface area contributed by atoms with Crippen molar-refractivity contribution in [2.45, 2.75) is 44.6 Å². The Morgan fingerprint density at radius 3 is 2.64 bits per heavy atom. The highest BCUT2D eigenvalue weighted by Gasteiger charge is 2.20. The first-order valence-electron chi connectivity index (χ1n) is 8.44. The Bertz CT molecular complexity index is 518. The number of nitrogens with one attached hydrogen (secondary N) is 2. The highest BCUT2D eigenvalue weighted by Crippen LogP contribution is 2.27. The summed E-state index contributed by atoms with van der Waals surface area (Å²) in [7, 11) is 0. The second-order valence-electron chi connectivity index (χ2n) is 6.46. The van der Waals surface area contributed by atoms with Crippen LogP contribution in [0.15, 0.2) is 18.2 Å². The SMILES string of the molecule is Cc1ccc(C2CCNCC2)cc1C(=O)NC1CCOCC1. The van der Waals surface area contributed by atoms with Gasteiger partial charge in [0.05, 0.1) is 0 Å². The summed E-state index contributed by atoms with van der Waals surface area (Å²) in [6.07, 6.45) is 4.14. The van der Waals surface area contributed by atoms with E-state index in [-0.39, 0.29) is 11.9 Å². The number of amides is 1. The Morgan fingerprint density at radius 2 is 1.91 bits per heavy atom. The predicted octanol–water partition coefficient (Wildman–Crippen LogP) is 2.37. The van der Waals surface area contributed by atoms with Gasteiger partial charge in [-0.15, -0.1) is 0 Å². The molecular weight excluding hydrogens is 276 g/mol.